The van der Waals surface area contributed by atoms with Gasteiger partial charge in [-0.05, 0) is 286 Å². The molecule has 722 valence electrons. The number of carbonyl (C=O) groups is 4. The standard InChI is InChI=1S/C25H28ClN3O2.C22H23ClN2O4.C21H22ClN3OS.C21H21ClN2O2.C20H25ClN2O2/c1-31-19-10-7-16(8-11-19)24-23-20(21-15-17(26)9-12-22(21)28-23)13-14-29(24)25(30)27-18-5-3-2-4-6-18;1-4-29-22(26)25-10-9-15-16-12-14(23)6-7-17(16)24-20(15)21(25)13-5-8-18(27-2)19(11-13)28-3;1-3-23-21(27)25-11-10-16-17-12-14(22)6-9-18(17)24-19(16)20(25)13-4-7-15(26-2)8-5-13;1-3-19(25)24-11-10-16-17-12-14(22)6-9-18(17)23-20(16)21(24)13-4-7-15(26-2)8-5-13;1-2-25-20(24)23-11-10-15-16-12-14(21)8-9-17(16)22-18(15)19(23)13-6-4-3-5-7-13/h7-12,15,18,24,28H,2-6,13-14H2,1H3,(H,27,30);5-8,11-12,21,24H,4,9-10H2,1-3H3;4-9,12,20,24H,3,10-11H2,1-2H3,(H,23,27);4-9,12,21,23H,3,10-11H2,1-2H3;8-9,12-13,19,22H,2-7,10-11H2,1H3. The van der Waals surface area contributed by atoms with Crippen LogP contribution in [0.15, 0.2) is 182 Å². The second-order valence-corrected chi connectivity index (χ2v) is 38.5. The molecule has 9 aromatic carbocycles. The molecule has 0 spiro atoms. The van der Waals surface area contributed by atoms with Crippen molar-refractivity contribution in [2.45, 2.75) is 167 Å². The third-order valence-corrected chi connectivity index (χ3v) is 29.6. The smallest absolute Gasteiger partial charge is 0.410 e. The number of ether oxygens (including phenoxy) is 7. The first-order valence-electron chi connectivity index (χ1n) is 48.1. The van der Waals surface area contributed by atoms with Crippen molar-refractivity contribution in [3.63, 3.8) is 0 Å². The van der Waals surface area contributed by atoms with Crippen LogP contribution >= 0.6 is 70.2 Å². The summed E-state index contributed by atoms with van der Waals surface area (Å²) in [7, 11) is 8.20. The van der Waals surface area contributed by atoms with Gasteiger partial charge in [-0.3, -0.25) is 14.6 Å². The minimum atomic E-state index is -0.338. The highest BCUT2D eigenvalue weighted by molar-refractivity contribution is 7.80. The molecule has 2 saturated carbocycles. The van der Waals surface area contributed by atoms with Gasteiger partial charge in [0.1, 0.15) is 23.3 Å². The molecular formula is C109H119Cl5N12O11S. The third kappa shape index (κ3) is 20.6. The van der Waals surface area contributed by atoms with E-state index in [-0.39, 0.29) is 60.4 Å². The summed E-state index contributed by atoms with van der Waals surface area (Å²) < 4.78 is 37.5. The van der Waals surface area contributed by atoms with Crippen molar-refractivity contribution in [1.29, 1.82) is 0 Å². The lowest BCUT2D eigenvalue weighted by atomic mass is 9.79. The number of hydrogen-bond acceptors (Lipinski definition) is 12. The van der Waals surface area contributed by atoms with E-state index in [1.165, 1.54) is 107 Å². The summed E-state index contributed by atoms with van der Waals surface area (Å²) in [5.74, 6) is 4.37. The van der Waals surface area contributed by atoms with E-state index in [0.29, 0.717) is 68.3 Å². The van der Waals surface area contributed by atoms with Crippen LogP contribution < -0.4 is 34.3 Å². The number of thiocarbonyl (C=S) groups is 1. The van der Waals surface area contributed by atoms with Crippen LogP contribution in [-0.4, -0.2) is 173 Å². The summed E-state index contributed by atoms with van der Waals surface area (Å²) in [5, 5.41) is 16.8. The average molecular weight is 1980 g/mol. The Morgan fingerprint density at radius 2 is 0.696 bits per heavy atom. The lowest BCUT2D eigenvalue weighted by Gasteiger charge is -2.41. The van der Waals surface area contributed by atoms with Crippen LogP contribution in [0.2, 0.25) is 25.1 Å². The number of halogens is 5. The molecule has 14 aromatic rings. The fraction of sp³-hybridized carbons (Fsp3) is 0.367. The first kappa shape index (κ1) is 97.7. The summed E-state index contributed by atoms with van der Waals surface area (Å²) in [6.07, 6.45) is 16.1. The fourth-order valence-corrected chi connectivity index (χ4v) is 22.7. The molecule has 5 aromatic heterocycles. The highest BCUT2D eigenvalue weighted by Gasteiger charge is 2.43. The van der Waals surface area contributed by atoms with Gasteiger partial charge in [0.25, 0.3) is 0 Å². The Balaban J connectivity index is 0.000000120. The Hall–Kier alpha value is -11.9. The lowest BCUT2D eigenvalue weighted by molar-refractivity contribution is -0.133. The molecule has 138 heavy (non-hydrogen) atoms. The summed E-state index contributed by atoms with van der Waals surface area (Å²) in [4.78, 5) is 79.2. The van der Waals surface area contributed by atoms with E-state index in [2.05, 4.69) is 77.7 Å². The molecule has 5 atom stereocenters. The highest BCUT2D eigenvalue weighted by atomic mass is 35.5. The van der Waals surface area contributed by atoms with Gasteiger partial charge in [0, 0.05) is 160 Å². The van der Waals surface area contributed by atoms with Crippen LogP contribution in [0.5, 0.6) is 28.7 Å². The highest BCUT2D eigenvalue weighted by Crippen LogP contribution is 2.49. The topological polar surface area (TPSA) is 252 Å². The fourth-order valence-electron chi connectivity index (χ4n) is 21.5. The maximum atomic E-state index is 13.4. The normalized spacial score (nSPS) is 17.8. The molecule has 0 radical (unpaired) electrons. The summed E-state index contributed by atoms with van der Waals surface area (Å²) in [6.45, 7) is 12.7. The largest absolute Gasteiger partial charge is 0.497 e. The zero-order chi connectivity index (χ0) is 96.5. The number of hydrogen-bond donors (Lipinski definition) is 7. The van der Waals surface area contributed by atoms with Crippen LogP contribution in [0.3, 0.4) is 0 Å². The number of nitrogens with one attached hydrogen (secondary N) is 7. The number of amides is 5. The minimum absolute atomic E-state index is 0.0232. The Labute approximate surface area is 835 Å². The van der Waals surface area contributed by atoms with Crippen LogP contribution in [0.1, 0.15) is 207 Å². The second kappa shape index (κ2) is 44.1. The molecule has 7 aliphatic rings. The van der Waals surface area contributed by atoms with E-state index >= 15 is 0 Å². The molecule has 29 heteroatoms. The molecule has 5 unspecified atom stereocenters. The molecular weight excluding hydrogens is 1860 g/mol. The molecule has 2 fully saturated rings. The number of H-pyrrole nitrogens is 5. The zero-order valence-electron chi connectivity index (χ0n) is 79.4. The Bertz CT molecular complexity index is 6720. The van der Waals surface area contributed by atoms with Crippen molar-refractivity contribution < 1.29 is 52.3 Å². The van der Waals surface area contributed by atoms with Gasteiger partial charge in [-0.1, -0.05) is 146 Å². The molecule has 5 aliphatic heterocycles. The Kier molecular flexibility index (Phi) is 31.2. The quantitative estimate of drug-likeness (QED) is 0.0472. The molecule has 10 heterocycles. The number of nitrogens with zero attached hydrogens (tertiary/aromatic N) is 5. The van der Waals surface area contributed by atoms with E-state index in [1.54, 1.807) is 40.4 Å². The van der Waals surface area contributed by atoms with Gasteiger partial charge in [0.15, 0.2) is 16.6 Å². The van der Waals surface area contributed by atoms with Crippen molar-refractivity contribution >= 4 is 154 Å². The van der Waals surface area contributed by atoms with E-state index in [4.69, 9.17) is 103 Å². The number of methoxy groups -OCH3 is 5. The SMILES string of the molecule is CCC(=O)N1CCc2c([nH]c3ccc(Cl)cc23)C1c1ccc(OC)cc1.CCNC(=S)N1CCc2c([nH]c3ccc(Cl)cc23)C1c1ccc(OC)cc1.CCOC(=O)N1CCc2c([nH]c3ccc(Cl)cc23)C1C1CCCCC1.CCOC(=O)N1CCc2c([nH]c3ccc(Cl)cc23)C1c1ccc(OC)c(OC)c1.COc1ccc(C2c3[nH]c4ccc(Cl)cc4c3CCN2C(=O)NC2CCCCC2)cc1. The molecule has 23 nitrogen and oxygen atoms in total. The number of benzene rings is 9. The maximum absolute atomic E-state index is 13.4. The van der Waals surface area contributed by atoms with Gasteiger partial charge < -0.3 is 83.4 Å². The second-order valence-electron chi connectivity index (χ2n) is 35.9. The number of aromatic nitrogens is 5. The molecule has 7 N–H and O–H groups in total. The van der Waals surface area contributed by atoms with Gasteiger partial charge in [-0.15, -0.1) is 0 Å². The first-order valence-corrected chi connectivity index (χ1v) is 50.3. The van der Waals surface area contributed by atoms with Gasteiger partial charge in [0.2, 0.25) is 5.91 Å². The summed E-state index contributed by atoms with van der Waals surface area (Å²) in [5.41, 5.74) is 21.4. The summed E-state index contributed by atoms with van der Waals surface area (Å²) in [6, 6.07) is 59.4. The van der Waals surface area contributed by atoms with Gasteiger partial charge in [-0.2, -0.15) is 0 Å². The minimum Gasteiger partial charge on any atom is -0.497 e. The van der Waals surface area contributed by atoms with Gasteiger partial charge in [-0.25, -0.2) is 14.4 Å². The number of rotatable bonds is 15. The van der Waals surface area contributed by atoms with E-state index in [1.807, 2.05) is 187 Å². The van der Waals surface area contributed by atoms with Gasteiger partial charge >= 0.3 is 18.2 Å². The first-order chi connectivity index (χ1) is 67.1. The van der Waals surface area contributed by atoms with E-state index < -0.39 is 0 Å². The lowest BCUT2D eigenvalue weighted by Crippen LogP contribution is -2.49. The predicted molar refractivity (Wildman–Crippen MR) is 555 cm³/mol. The Morgan fingerprint density at radius 1 is 0.362 bits per heavy atom. The third-order valence-electron chi connectivity index (χ3n) is 28.0. The van der Waals surface area contributed by atoms with Crippen LogP contribution in [-0.2, 0) is 46.4 Å². The van der Waals surface area contributed by atoms with Crippen molar-refractivity contribution in [3.8, 4) is 28.7 Å². The molecule has 0 saturated heterocycles. The van der Waals surface area contributed by atoms with Crippen LogP contribution in [0, 0.1) is 5.92 Å². The zero-order valence-corrected chi connectivity index (χ0v) is 84.0. The van der Waals surface area contributed by atoms with Gasteiger partial charge in [0.05, 0.1) is 72.9 Å². The molecule has 0 bridgehead atoms. The summed E-state index contributed by atoms with van der Waals surface area (Å²) >= 11 is 36.9. The number of aromatic amines is 5. The van der Waals surface area contributed by atoms with Crippen molar-refractivity contribution in [2.24, 2.45) is 5.92 Å². The number of fused-ring (bicyclic) bond motifs is 15. The van der Waals surface area contributed by atoms with Crippen molar-refractivity contribution in [3.05, 3.63) is 286 Å². The molecule has 2 aliphatic carbocycles. The molecule has 21 rings (SSSR count). The van der Waals surface area contributed by atoms with Crippen LogP contribution in [0.25, 0.3) is 54.5 Å². The Morgan fingerprint density at radius 3 is 1.08 bits per heavy atom. The average Bonchev–Trinajstić information content (AvgIpc) is 1.66. The predicted octanol–water partition coefficient (Wildman–Crippen LogP) is 25.6. The van der Waals surface area contributed by atoms with Crippen molar-refractivity contribution in [2.75, 3.05) is 88.0 Å². The van der Waals surface area contributed by atoms with E-state index in [9.17, 15) is 19.2 Å². The van der Waals surface area contributed by atoms with Crippen molar-refractivity contribution in [1.82, 2.24) is 60.1 Å². The number of urea groups is 1. The monoisotopic (exact) mass is 1980 g/mol. The number of carbonyl (C=O) groups excluding carboxylic acids is 4. The maximum Gasteiger partial charge on any atom is 0.410 e. The van der Waals surface area contributed by atoms with E-state index in [0.717, 1.165) is 178 Å². The molecule has 5 amide bonds. The van der Waals surface area contributed by atoms with Crippen LogP contribution in [0.4, 0.5) is 14.4 Å².